The van der Waals surface area contributed by atoms with Gasteiger partial charge in [0.25, 0.3) is 0 Å². The fraction of sp³-hybridized carbons (Fsp3) is 1.00. The van der Waals surface area contributed by atoms with Gasteiger partial charge in [-0.05, 0) is 0 Å². The van der Waals surface area contributed by atoms with Gasteiger partial charge in [-0.15, -0.1) is 0 Å². The summed E-state index contributed by atoms with van der Waals surface area (Å²) in [5.74, 6) is 0. The molecule has 0 heterocycles. The maximum atomic E-state index is 2.40. The maximum absolute atomic E-state index is 2.40. The van der Waals surface area contributed by atoms with E-state index in [1.54, 1.807) is 116 Å². The van der Waals surface area contributed by atoms with Crippen molar-refractivity contribution in [2.24, 2.45) is 0 Å². The minimum atomic E-state index is -2.37. The standard InChI is InChI=1S/6C8H17.2Sn/c6*1-3-5-7-8-6-4-2;;/h6*1,3-8H2,2H3;;. The van der Waals surface area contributed by atoms with Crippen LogP contribution in [0, 0.1) is 0 Å². The molecular formula is C48H102Sn2. The molecule has 0 saturated carbocycles. The van der Waals surface area contributed by atoms with Gasteiger partial charge in [-0.25, -0.2) is 0 Å². The molecule has 302 valence electrons. The first-order valence-electron chi connectivity index (χ1n) is 24.6. The molecule has 0 fully saturated rings. The molecule has 0 aliphatic rings. The molecule has 0 rings (SSSR count). The number of hydrogen-bond donors (Lipinski definition) is 0. The summed E-state index contributed by atoms with van der Waals surface area (Å²) in [5, 5.41) is 0. The van der Waals surface area contributed by atoms with E-state index >= 15 is 0 Å². The van der Waals surface area contributed by atoms with Crippen LogP contribution in [0.3, 0.4) is 0 Å². The Kier molecular flexibility index (Phi) is 41.6. The summed E-state index contributed by atoms with van der Waals surface area (Å²) in [6.07, 6.45) is 55.0. The molecule has 0 aliphatic heterocycles. The van der Waals surface area contributed by atoms with Gasteiger partial charge in [-0.2, -0.15) is 0 Å². The second kappa shape index (κ2) is 40.3. The van der Waals surface area contributed by atoms with Crippen molar-refractivity contribution in [2.75, 3.05) is 0 Å². The van der Waals surface area contributed by atoms with E-state index in [0.29, 0.717) is 0 Å². The second-order valence-corrected chi connectivity index (χ2v) is 81.5. The van der Waals surface area contributed by atoms with Crippen molar-refractivity contribution in [3.8, 4) is 0 Å². The fourth-order valence-electron chi connectivity index (χ4n) is 9.80. The van der Waals surface area contributed by atoms with Crippen LogP contribution < -0.4 is 0 Å². The predicted molar refractivity (Wildman–Crippen MR) is 241 cm³/mol. The van der Waals surface area contributed by atoms with Crippen LogP contribution in [-0.4, -0.2) is 28.9 Å². The van der Waals surface area contributed by atoms with Gasteiger partial charge in [-0.1, -0.05) is 0 Å². The van der Waals surface area contributed by atoms with Gasteiger partial charge in [0.15, 0.2) is 0 Å². The van der Waals surface area contributed by atoms with Gasteiger partial charge in [-0.3, -0.25) is 0 Å². The average Bonchev–Trinajstić information content (AvgIpc) is 3.13. The molecular weight excluding hydrogens is 814 g/mol. The summed E-state index contributed by atoms with van der Waals surface area (Å²) >= 11 is -4.74. The molecule has 0 N–H and O–H groups in total. The molecule has 0 bridgehead atoms. The van der Waals surface area contributed by atoms with Crippen molar-refractivity contribution < 1.29 is 0 Å². The molecule has 0 aromatic heterocycles. The third-order valence-electron chi connectivity index (χ3n) is 13.2. The molecule has 0 radical (unpaired) electrons. The predicted octanol–water partition coefficient (Wildman–Crippen LogP) is 19.1. The van der Waals surface area contributed by atoms with Gasteiger partial charge in [0.1, 0.15) is 0 Å². The summed E-state index contributed by atoms with van der Waals surface area (Å²) < 4.78 is 11.2. The average molecular weight is 917 g/mol. The van der Waals surface area contributed by atoms with Crippen LogP contribution in [0.1, 0.15) is 273 Å². The zero-order chi connectivity index (χ0) is 36.7. The van der Waals surface area contributed by atoms with Crippen molar-refractivity contribution in [1.29, 1.82) is 0 Å². The van der Waals surface area contributed by atoms with Crippen molar-refractivity contribution in [2.45, 2.75) is 299 Å². The molecule has 50 heavy (non-hydrogen) atoms. The molecule has 0 saturated heterocycles. The van der Waals surface area contributed by atoms with E-state index < -0.39 is 28.9 Å². The van der Waals surface area contributed by atoms with Crippen LogP contribution in [0.4, 0.5) is 0 Å². The molecule has 0 aromatic rings. The van der Waals surface area contributed by atoms with Crippen LogP contribution in [-0.2, 0) is 0 Å². The Labute approximate surface area is 325 Å². The number of rotatable bonds is 43. The van der Waals surface area contributed by atoms with E-state index in [2.05, 4.69) is 41.5 Å². The molecule has 0 atom stereocenters. The van der Waals surface area contributed by atoms with Crippen LogP contribution in [0.15, 0.2) is 0 Å². The second-order valence-electron chi connectivity index (χ2n) is 17.7. The van der Waals surface area contributed by atoms with Gasteiger partial charge in [0.2, 0.25) is 0 Å². The Morgan fingerprint density at radius 3 is 0.420 bits per heavy atom. The molecule has 0 aromatic carbocycles. The first-order valence-corrected chi connectivity index (χ1v) is 47.7. The quantitative estimate of drug-likeness (QED) is 0.0422. The first kappa shape index (κ1) is 51.6. The number of hydrogen-bond acceptors (Lipinski definition) is 0. The molecule has 0 amide bonds. The zero-order valence-electron chi connectivity index (χ0n) is 36.7. The zero-order valence-corrected chi connectivity index (χ0v) is 42.4. The summed E-state index contributed by atoms with van der Waals surface area (Å²) in [4.78, 5) is 0. The summed E-state index contributed by atoms with van der Waals surface area (Å²) in [6.45, 7) is 14.4. The third kappa shape index (κ3) is 28.1. The van der Waals surface area contributed by atoms with E-state index in [9.17, 15) is 0 Å². The van der Waals surface area contributed by atoms with Crippen LogP contribution >= 0.6 is 0 Å². The monoisotopic (exact) mass is 919 g/mol. The van der Waals surface area contributed by atoms with Crippen LogP contribution in [0.5, 0.6) is 0 Å². The molecule has 0 nitrogen and oxygen atoms in total. The van der Waals surface area contributed by atoms with Crippen molar-refractivity contribution in [1.82, 2.24) is 0 Å². The SMILES string of the molecule is CCCCCCC[CH2][Sn]([CH2]CCCCCCC)([CH2]CCCCCCC)[Sn]([CH2]CCCCCCC)([CH2]CCCCCCC)[CH2]CCCCCCC. The third-order valence-corrected chi connectivity index (χ3v) is 114. The van der Waals surface area contributed by atoms with E-state index in [0.717, 1.165) is 0 Å². The first-order chi connectivity index (χ1) is 24.6. The van der Waals surface area contributed by atoms with Gasteiger partial charge >= 0.3 is 328 Å². The van der Waals surface area contributed by atoms with E-state index in [1.165, 1.54) is 116 Å². The van der Waals surface area contributed by atoms with Crippen LogP contribution in [0.2, 0.25) is 26.6 Å². The van der Waals surface area contributed by atoms with Crippen molar-refractivity contribution in [3.05, 3.63) is 0 Å². The number of unbranched alkanes of at least 4 members (excludes halogenated alkanes) is 30. The molecule has 0 unspecified atom stereocenters. The minimum absolute atomic E-state index is 1.40. The summed E-state index contributed by atoms with van der Waals surface area (Å²) in [5.41, 5.74) is 0. The van der Waals surface area contributed by atoms with Gasteiger partial charge in [0.05, 0.1) is 0 Å². The Bertz CT molecular complexity index is 494. The van der Waals surface area contributed by atoms with E-state index in [1.807, 2.05) is 26.6 Å². The Morgan fingerprint density at radius 2 is 0.280 bits per heavy atom. The van der Waals surface area contributed by atoms with Crippen molar-refractivity contribution in [3.63, 3.8) is 0 Å². The Morgan fingerprint density at radius 1 is 0.160 bits per heavy atom. The van der Waals surface area contributed by atoms with Crippen molar-refractivity contribution >= 4 is 28.9 Å². The molecule has 2 heteroatoms. The normalized spacial score (nSPS) is 12.4. The molecule has 0 spiro atoms. The topological polar surface area (TPSA) is 0 Å². The summed E-state index contributed by atoms with van der Waals surface area (Å²) in [6, 6.07) is 0. The molecule has 0 aliphatic carbocycles. The van der Waals surface area contributed by atoms with Gasteiger partial charge in [0, 0.05) is 0 Å². The summed E-state index contributed by atoms with van der Waals surface area (Å²) in [7, 11) is 0. The van der Waals surface area contributed by atoms with Gasteiger partial charge < -0.3 is 0 Å². The van der Waals surface area contributed by atoms with E-state index in [4.69, 9.17) is 0 Å². The van der Waals surface area contributed by atoms with Crippen LogP contribution in [0.25, 0.3) is 0 Å². The fourth-order valence-corrected chi connectivity index (χ4v) is 120. The Balaban J connectivity index is 6.54. The Hall–Kier alpha value is 1.60. The van der Waals surface area contributed by atoms with E-state index in [-0.39, 0.29) is 0 Å².